The summed E-state index contributed by atoms with van der Waals surface area (Å²) in [5, 5.41) is 5.80. The highest BCUT2D eigenvalue weighted by molar-refractivity contribution is 6.32. The standard InChI is InChI=1S/C28H35ClN2O2/c1-4-26(31-18-19(2)3)28(21-8-6-5-7-9-21)13-10-22(11-14-28)33-25-16-20-12-15-30-27(32)23(20)17-24(25)29/h5-9,12,15-17,19,22,26,31H,4,10-11,13-14,18H2,1-3H3,(H,30,32)/t22-,26?,28+. The van der Waals surface area contributed by atoms with E-state index in [0.717, 1.165) is 44.0 Å². The Bertz CT molecular complexity index is 1120. The Morgan fingerprint density at radius 2 is 1.88 bits per heavy atom. The van der Waals surface area contributed by atoms with Gasteiger partial charge in [-0.3, -0.25) is 4.79 Å². The molecule has 0 amide bonds. The molecule has 2 aromatic carbocycles. The van der Waals surface area contributed by atoms with Crippen molar-refractivity contribution in [1.82, 2.24) is 10.3 Å². The van der Waals surface area contributed by atoms with Crippen molar-refractivity contribution in [3.8, 4) is 5.75 Å². The Kier molecular flexibility index (Phi) is 7.45. The molecule has 1 unspecified atom stereocenters. The van der Waals surface area contributed by atoms with Gasteiger partial charge in [0.05, 0.1) is 11.1 Å². The van der Waals surface area contributed by atoms with Crippen LogP contribution in [0.1, 0.15) is 58.4 Å². The summed E-state index contributed by atoms with van der Waals surface area (Å²) in [7, 11) is 0. The van der Waals surface area contributed by atoms with Crippen molar-refractivity contribution in [2.75, 3.05) is 6.54 Å². The monoisotopic (exact) mass is 466 g/mol. The largest absolute Gasteiger partial charge is 0.489 e. The lowest BCUT2D eigenvalue weighted by molar-refractivity contribution is 0.0952. The van der Waals surface area contributed by atoms with Gasteiger partial charge in [0, 0.05) is 23.0 Å². The van der Waals surface area contributed by atoms with Crippen molar-refractivity contribution in [3.05, 3.63) is 75.7 Å². The zero-order valence-electron chi connectivity index (χ0n) is 19.9. The fourth-order valence-electron chi connectivity index (χ4n) is 5.40. The maximum atomic E-state index is 12.1. The van der Waals surface area contributed by atoms with E-state index in [-0.39, 0.29) is 17.1 Å². The van der Waals surface area contributed by atoms with E-state index in [1.54, 1.807) is 12.3 Å². The van der Waals surface area contributed by atoms with Gasteiger partial charge in [0.15, 0.2) is 0 Å². The number of fused-ring (bicyclic) bond motifs is 1. The summed E-state index contributed by atoms with van der Waals surface area (Å²) in [6, 6.07) is 16.9. The molecule has 1 aromatic heterocycles. The molecule has 1 saturated carbocycles. The van der Waals surface area contributed by atoms with E-state index in [4.69, 9.17) is 16.3 Å². The third-order valence-electron chi connectivity index (χ3n) is 7.14. The number of halogens is 1. The number of aromatic nitrogens is 1. The highest BCUT2D eigenvalue weighted by Crippen LogP contribution is 2.44. The van der Waals surface area contributed by atoms with Crippen molar-refractivity contribution in [2.45, 2.75) is 70.4 Å². The number of ether oxygens (including phenoxy) is 1. The van der Waals surface area contributed by atoms with Gasteiger partial charge in [-0.25, -0.2) is 0 Å². The van der Waals surface area contributed by atoms with Crippen LogP contribution < -0.4 is 15.6 Å². The van der Waals surface area contributed by atoms with Crippen LogP contribution in [0.3, 0.4) is 0 Å². The Balaban J connectivity index is 1.55. The Morgan fingerprint density at radius 1 is 1.15 bits per heavy atom. The molecule has 0 spiro atoms. The van der Waals surface area contributed by atoms with Gasteiger partial charge in [-0.05, 0) is 73.7 Å². The van der Waals surface area contributed by atoms with Crippen LogP contribution in [0, 0.1) is 5.92 Å². The molecule has 0 radical (unpaired) electrons. The summed E-state index contributed by atoms with van der Waals surface area (Å²) >= 11 is 6.50. The lowest BCUT2D eigenvalue weighted by atomic mass is 9.63. The first-order valence-corrected chi connectivity index (χ1v) is 12.6. The summed E-state index contributed by atoms with van der Waals surface area (Å²) in [6.07, 6.45) is 6.94. The summed E-state index contributed by atoms with van der Waals surface area (Å²) < 4.78 is 6.41. The number of nitrogens with one attached hydrogen (secondary N) is 2. The van der Waals surface area contributed by atoms with Crippen LogP contribution >= 0.6 is 11.6 Å². The highest BCUT2D eigenvalue weighted by Gasteiger charge is 2.43. The molecule has 4 rings (SSSR count). The van der Waals surface area contributed by atoms with E-state index < -0.39 is 0 Å². The first-order chi connectivity index (χ1) is 15.9. The average Bonchev–Trinajstić information content (AvgIpc) is 2.82. The van der Waals surface area contributed by atoms with Crippen LogP contribution in [0.25, 0.3) is 10.8 Å². The minimum Gasteiger partial charge on any atom is -0.489 e. The molecule has 4 nitrogen and oxygen atoms in total. The van der Waals surface area contributed by atoms with Gasteiger partial charge in [-0.15, -0.1) is 0 Å². The van der Waals surface area contributed by atoms with Gasteiger partial charge >= 0.3 is 0 Å². The van der Waals surface area contributed by atoms with Gasteiger partial charge in [-0.2, -0.15) is 0 Å². The second-order valence-electron chi connectivity index (χ2n) is 9.78. The molecular formula is C28H35ClN2O2. The minimum atomic E-state index is -0.134. The van der Waals surface area contributed by atoms with Crippen LogP contribution in [-0.2, 0) is 5.41 Å². The van der Waals surface area contributed by atoms with Gasteiger partial charge in [0.25, 0.3) is 5.56 Å². The molecule has 0 saturated heterocycles. The Labute approximate surface area is 201 Å². The number of hydrogen-bond acceptors (Lipinski definition) is 3. The van der Waals surface area contributed by atoms with E-state index in [0.29, 0.717) is 28.1 Å². The number of H-pyrrole nitrogens is 1. The van der Waals surface area contributed by atoms with Gasteiger partial charge in [-0.1, -0.05) is 62.7 Å². The maximum absolute atomic E-state index is 12.1. The molecule has 2 N–H and O–H groups in total. The quantitative estimate of drug-likeness (QED) is 0.400. The molecule has 0 aliphatic heterocycles. The number of pyridine rings is 1. The van der Waals surface area contributed by atoms with Crippen LogP contribution in [0.4, 0.5) is 0 Å². The minimum absolute atomic E-state index is 0.102. The molecule has 1 aliphatic rings. The molecule has 1 heterocycles. The second kappa shape index (κ2) is 10.3. The molecule has 176 valence electrons. The summed E-state index contributed by atoms with van der Waals surface area (Å²) in [4.78, 5) is 14.8. The molecule has 1 aliphatic carbocycles. The Hall–Kier alpha value is -2.30. The van der Waals surface area contributed by atoms with Crippen LogP contribution in [0.2, 0.25) is 5.02 Å². The smallest absolute Gasteiger partial charge is 0.255 e. The van der Waals surface area contributed by atoms with Gasteiger partial charge in [0.2, 0.25) is 0 Å². The molecule has 1 atom stereocenters. The first-order valence-electron chi connectivity index (χ1n) is 12.2. The van der Waals surface area contributed by atoms with E-state index in [1.165, 1.54) is 5.56 Å². The zero-order chi connectivity index (χ0) is 23.4. The SMILES string of the molecule is CCC(NCC(C)C)[C@]1(c2ccccc2)CC[C@H](Oc2cc3cc[nH]c(=O)c3cc2Cl)CC1. The van der Waals surface area contributed by atoms with Crippen molar-refractivity contribution >= 4 is 22.4 Å². The lowest BCUT2D eigenvalue weighted by Crippen LogP contribution is -2.52. The molecule has 0 bridgehead atoms. The predicted octanol–water partition coefficient (Wildman–Crippen LogP) is 6.47. The van der Waals surface area contributed by atoms with Crippen LogP contribution in [0.15, 0.2) is 59.5 Å². The molecule has 3 aromatic rings. The zero-order valence-corrected chi connectivity index (χ0v) is 20.6. The first kappa shape index (κ1) is 23.8. The van der Waals surface area contributed by atoms with E-state index >= 15 is 0 Å². The van der Waals surface area contributed by atoms with Gasteiger partial charge in [0.1, 0.15) is 5.75 Å². The number of benzene rings is 2. The number of rotatable bonds is 8. The fraction of sp³-hybridized carbons (Fsp3) is 0.464. The van der Waals surface area contributed by atoms with Crippen LogP contribution in [0.5, 0.6) is 5.75 Å². The maximum Gasteiger partial charge on any atom is 0.255 e. The van der Waals surface area contributed by atoms with Crippen molar-refractivity contribution in [1.29, 1.82) is 0 Å². The topological polar surface area (TPSA) is 54.1 Å². The summed E-state index contributed by atoms with van der Waals surface area (Å²) in [6.45, 7) is 7.85. The average molecular weight is 467 g/mol. The summed E-state index contributed by atoms with van der Waals surface area (Å²) in [5.41, 5.74) is 1.39. The molecule has 5 heteroatoms. The lowest BCUT2D eigenvalue weighted by Gasteiger charge is -2.46. The second-order valence-corrected chi connectivity index (χ2v) is 10.2. The van der Waals surface area contributed by atoms with Gasteiger partial charge < -0.3 is 15.0 Å². The number of aromatic amines is 1. The van der Waals surface area contributed by atoms with E-state index in [1.807, 2.05) is 12.1 Å². The van der Waals surface area contributed by atoms with Crippen molar-refractivity contribution in [3.63, 3.8) is 0 Å². The third kappa shape index (κ3) is 5.12. The Morgan fingerprint density at radius 3 is 2.55 bits per heavy atom. The molecule has 33 heavy (non-hydrogen) atoms. The summed E-state index contributed by atoms with van der Waals surface area (Å²) in [5.74, 6) is 1.28. The fourth-order valence-corrected chi connectivity index (χ4v) is 5.61. The van der Waals surface area contributed by atoms with Crippen molar-refractivity contribution < 1.29 is 4.74 Å². The number of hydrogen-bond donors (Lipinski definition) is 2. The van der Waals surface area contributed by atoms with Crippen LogP contribution in [-0.4, -0.2) is 23.7 Å². The van der Waals surface area contributed by atoms with Crippen molar-refractivity contribution in [2.24, 2.45) is 5.92 Å². The molecule has 1 fully saturated rings. The highest BCUT2D eigenvalue weighted by atomic mass is 35.5. The predicted molar refractivity (Wildman–Crippen MR) is 138 cm³/mol. The third-order valence-corrected chi connectivity index (χ3v) is 7.44. The van der Waals surface area contributed by atoms with E-state index in [9.17, 15) is 4.79 Å². The normalized spacial score (nSPS) is 21.9. The molecular weight excluding hydrogens is 432 g/mol. The van der Waals surface area contributed by atoms with E-state index in [2.05, 4.69) is 61.4 Å².